The molecule has 0 aliphatic carbocycles. The van der Waals surface area contributed by atoms with Gasteiger partial charge in [-0.1, -0.05) is 12.1 Å². The lowest BCUT2D eigenvalue weighted by Crippen LogP contribution is -2.41. The van der Waals surface area contributed by atoms with Gasteiger partial charge in [0.05, 0.1) is 6.61 Å². The minimum absolute atomic E-state index is 0.0219. The zero-order chi connectivity index (χ0) is 16.2. The molecule has 122 valence electrons. The SMILES string of the molecule is Cc1c[nH]c(C(=O)N2CCC[C@H](COc3ccccc3F)C2)c1. The zero-order valence-corrected chi connectivity index (χ0v) is 13.2. The van der Waals surface area contributed by atoms with Gasteiger partial charge in [0.25, 0.3) is 5.91 Å². The Kier molecular flexibility index (Phi) is 4.65. The molecule has 4 nitrogen and oxygen atoms in total. The minimum atomic E-state index is -0.349. The van der Waals surface area contributed by atoms with Crippen LogP contribution >= 0.6 is 0 Å². The van der Waals surface area contributed by atoms with Crippen molar-refractivity contribution in [2.24, 2.45) is 5.92 Å². The first-order chi connectivity index (χ1) is 11.1. The molecular weight excluding hydrogens is 295 g/mol. The van der Waals surface area contributed by atoms with Crippen molar-refractivity contribution in [3.63, 3.8) is 0 Å². The summed E-state index contributed by atoms with van der Waals surface area (Å²) in [6.45, 7) is 3.78. The molecule has 5 heteroatoms. The van der Waals surface area contributed by atoms with Gasteiger partial charge in [0, 0.05) is 25.2 Å². The fourth-order valence-electron chi connectivity index (χ4n) is 2.95. The van der Waals surface area contributed by atoms with E-state index in [4.69, 9.17) is 4.74 Å². The Hall–Kier alpha value is -2.30. The summed E-state index contributed by atoms with van der Waals surface area (Å²) < 4.78 is 19.2. The largest absolute Gasteiger partial charge is 0.490 e. The van der Waals surface area contributed by atoms with E-state index in [1.165, 1.54) is 6.07 Å². The average Bonchev–Trinajstić information content (AvgIpc) is 3.00. The van der Waals surface area contributed by atoms with Crippen molar-refractivity contribution in [1.29, 1.82) is 0 Å². The van der Waals surface area contributed by atoms with Crippen molar-refractivity contribution in [3.8, 4) is 5.75 Å². The first-order valence-electron chi connectivity index (χ1n) is 7.95. The lowest BCUT2D eigenvalue weighted by molar-refractivity contribution is 0.0626. The number of para-hydroxylation sites is 1. The number of carbonyl (C=O) groups is 1. The Labute approximate surface area is 135 Å². The van der Waals surface area contributed by atoms with Gasteiger partial charge in [0.1, 0.15) is 5.69 Å². The smallest absolute Gasteiger partial charge is 0.270 e. The van der Waals surface area contributed by atoms with Gasteiger partial charge >= 0.3 is 0 Å². The average molecular weight is 316 g/mol. The van der Waals surface area contributed by atoms with E-state index in [1.54, 1.807) is 18.2 Å². The molecule has 1 aliphatic heterocycles. The van der Waals surface area contributed by atoms with Crippen molar-refractivity contribution in [2.75, 3.05) is 19.7 Å². The Bertz CT molecular complexity index is 683. The number of amides is 1. The predicted octanol–water partition coefficient (Wildman–Crippen LogP) is 3.39. The summed E-state index contributed by atoms with van der Waals surface area (Å²) in [6, 6.07) is 8.27. The number of ether oxygens (including phenoxy) is 1. The van der Waals surface area contributed by atoms with Crippen LogP contribution in [0.4, 0.5) is 4.39 Å². The van der Waals surface area contributed by atoms with Crippen molar-refractivity contribution >= 4 is 5.91 Å². The summed E-state index contributed by atoms with van der Waals surface area (Å²) in [5.74, 6) is 0.172. The van der Waals surface area contributed by atoms with E-state index in [1.807, 2.05) is 24.1 Å². The zero-order valence-electron chi connectivity index (χ0n) is 13.2. The van der Waals surface area contributed by atoms with Crippen LogP contribution in [0.5, 0.6) is 5.75 Å². The maximum Gasteiger partial charge on any atom is 0.270 e. The Morgan fingerprint density at radius 1 is 1.43 bits per heavy atom. The van der Waals surface area contributed by atoms with E-state index in [0.717, 1.165) is 24.9 Å². The molecule has 0 radical (unpaired) electrons. The van der Waals surface area contributed by atoms with Gasteiger partial charge < -0.3 is 14.6 Å². The molecule has 1 aromatic carbocycles. The number of aromatic nitrogens is 1. The second-order valence-electron chi connectivity index (χ2n) is 6.09. The topological polar surface area (TPSA) is 45.3 Å². The van der Waals surface area contributed by atoms with Crippen molar-refractivity contribution in [1.82, 2.24) is 9.88 Å². The molecular formula is C18H21FN2O2. The molecule has 1 fully saturated rings. The highest BCUT2D eigenvalue weighted by Gasteiger charge is 2.25. The van der Waals surface area contributed by atoms with E-state index in [2.05, 4.69) is 4.98 Å². The van der Waals surface area contributed by atoms with E-state index >= 15 is 0 Å². The second-order valence-corrected chi connectivity index (χ2v) is 6.09. The number of piperidine rings is 1. The number of hydrogen-bond donors (Lipinski definition) is 1. The van der Waals surface area contributed by atoms with Gasteiger partial charge in [-0.05, 0) is 43.5 Å². The lowest BCUT2D eigenvalue weighted by Gasteiger charge is -2.32. The van der Waals surface area contributed by atoms with Crippen LogP contribution < -0.4 is 4.74 Å². The predicted molar refractivity (Wildman–Crippen MR) is 86.1 cm³/mol. The van der Waals surface area contributed by atoms with Crippen LogP contribution in [0.3, 0.4) is 0 Å². The molecule has 0 saturated carbocycles. The van der Waals surface area contributed by atoms with Crippen LogP contribution in [0, 0.1) is 18.7 Å². The summed E-state index contributed by atoms with van der Waals surface area (Å²) in [5.41, 5.74) is 1.67. The molecule has 1 atom stereocenters. The standard InChI is InChI=1S/C18H21FN2O2/c1-13-9-16(20-10-13)18(22)21-8-4-5-14(11-21)12-23-17-7-3-2-6-15(17)19/h2-3,6-7,9-10,14,20H,4-5,8,11-12H2,1H3/t14-/m0/s1. The third-order valence-electron chi connectivity index (χ3n) is 4.18. The van der Waals surface area contributed by atoms with Gasteiger partial charge in [-0.15, -0.1) is 0 Å². The van der Waals surface area contributed by atoms with Crippen molar-refractivity contribution < 1.29 is 13.9 Å². The normalized spacial score (nSPS) is 18.0. The fraction of sp³-hybridized carbons (Fsp3) is 0.389. The lowest BCUT2D eigenvalue weighted by atomic mass is 9.98. The number of H-pyrrole nitrogens is 1. The summed E-state index contributed by atoms with van der Waals surface area (Å²) in [4.78, 5) is 17.3. The second kappa shape index (κ2) is 6.86. The van der Waals surface area contributed by atoms with Crippen LogP contribution in [0.25, 0.3) is 0 Å². The van der Waals surface area contributed by atoms with Gasteiger partial charge in [-0.25, -0.2) is 4.39 Å². The van der Waals surface area contributed by atoms with Crippen molar-refractivity contribution in [3.05, 3.63) is 53.6 Å². The third kappa shape index (κ3) is 3.73. The monoisotopic (exact) mass is 316 g/mol. The van der Waals surface area contributed by atoms with Crippen LogP contribution in [0.1, 0.15) is 28.9 Å². The molecule has 1 aromatic heterocycles. The number of hydrogen-bond acceptors (Lipinski definition) is 2. The maximum absolute atomic E-state index is 13.6. The first kappa shape index (κ1) is 15.6. The number of benzene rings is 1. The third-order valence-corrected chi connectivity index (χ3v) is 4.18. The van der Waals surface area contributed by atoms with E-state index in [-0.39, 0.29) is 23.4 Å². The number of likely N-dealkylation sites (tertiary alicyclic amines) is 1. The van der Waals surface area contributed by atoms with E-state index < -0.39 is 0 Å². The fourth-order valence-corrected chi connectivity index (χ4v) is 2.95. The Morgan fingerprint density at radius 3 is 3.00 bits per heavy atom. The molecule has 1 N–H and O–H groups in total. The van der Waals surface area contributed by atoms with Gasteiger partial charge in [0.15, 0.2) is 11.6 Å². The van der Waals surface area contributed by atoms with Gasteiger partial charge in [-0.3, -0.25) is 4.79 Å². The first-order valence-corrected chi connectivity index (χ1v) is 7.95. The van der Waals surface area contributed by atoms with Crippen LogP contribution in [-0.4, -0.2) is 35.5 Å². The van der Waals surface area contributed by atoms with Crippen LogP contribution in [-0.2, 0) is 0 Å². The summed E-state index contributed by atoms with van der Waals surface area (Å²) in [5, 5.41) is 0. The number of aromatic amines is 1. The number of nitrogens with zero attached hydrogens (tertiary/aromatic N) is 1. The molecule has 2 heterocycles. The number of aryl methyl sites for hydroxylation is 1. The summed E-state index contributed by atoms with van der Waals surface area (Å²) >= 11 is 0. The highest BCUT2D eigenvalue weighted by atomic mass is 19.1. The van der Waals surface area contributed by atoms with Crippen LogP contribution in [0.2, 0.25) is 0 Å². The molecule has 0 bridgehead atoms. The number of nitrogens with one attached hydrogen (secondary N) is 1. The maximum atomic E-state index is 13.6. The highest BCUT2D eigenvalue weighted by molar-refractivity contribution is 5.92. The van der Waals surface area contributed by atoms with E-state index in [9.17, 15) is 9.18 Å². The van der Waals surface area contributed by atoms with Crippen molar-refractivity contribution in [2.45, 2.75) is 19.8 Å². The minimum Gasteiger partial charge on any atom is -0.490 e. The molecule has 1 saturated heterocycles. The summed E-state index contributed by atoms with van der Waals surface area (Å²) in [7, 11) is 0. The highest BCUT2D eigenvalue weighted by Crippen LogP contribution is 2.22. The number of carbonyl (C=O) groups excluding carboxylic acids is 1. The van der Waals surface area contributed by atoms with Gasteiger partial charge in [-0.2, -0.15) is 0 Å². The molecule has 23 heavy (non-hydrogen) atoms. The molecule has 0 spiro atoms. The molecule has 2 aromatic rings. The molecule has 3 rings (SSSR count). The Morgan fingerprint density at radius 2 is 2.26 bits per heavy atom. The molecule has 0 unspecified atom stereocenters. The quantitative estimate of drug-likeness (QED) is 0.939. The molecule has 1 aliphatic rings. The van der Waals surface area contributed by atoms with E-state index in [0.29, 0.717) is 18.8 Å². The Balaban J connectivity index is 1.58. The van der Waals surface area contributed by atoms with Gasteiger partial charge in [0.2, 0.25) is 0 Å². The van der Waals surface area contributed by atoms with Crippen LogP contribution in [0.15, 0.2) is 36.5 Å². The summed E-state index contributed by atoms with van der Waals surface area (Å²) in [6.07, 6.45) is 3.76. The number of halogens is 1. The molecule has 1 amide bonds. The number of rotatable bonds is 4.